The maximum Gasteiger partial charge on any atom is 0.162 e. The summed E-state index contributed by atoms with van der Waals surface area (Å²) >= 11 is 0. The molecule has 0 atom stereocenters. The van der Waals surface area contributed by atoms with Gasteiger partial charge in [-0.2, -0.15) is 0 Å². The van der Waals surface area contributed by atoms with Crippen molar-refractivity contribution in [2.24, 2.45) is 0 Å². The number of anilines is 1. The van der Waals surface area contributed by atoms with Crippen molar-refractivity contribution in [3.63, 3.8) is 0 Å². The number of hydrogen-bond donors (Lipinski definition) is 1. The highest BCUT2D eigenvalue weighted by Gasteiger charge is 2.25. The van der Waals surface area contributed by atoms with Crippen LogP contribution < -0.4 is 5.32 Å². The second-order valence-corrected chi connectivity index (χ2v) is 4.30. The molecule has 1 heterocycles. The van der Waals surface area contributed by atoms with Gasteiger partial charge in [-0.25, -0.2) is 9.97 Å². The van der Waals surface area contributed by atoms with Crippen LogP contribution in [0.4, 0.5) is 5.82 Å². The van der Waals surface area contributed by atoms with Crippen LogP contribution in [0.1, 0.15) is 37.9 Å². The molecule has 1 N–H and O–H groups in total. The highest BCUT2D eigenvalue weighted by molar-refractivity contribution is 5.45. The van der Waals surface area contributed by atoms with Crippen LogP contribution in [0.25, 0.3) is 0 Å². The normalized spacial score (nSPS) is 11.6. The molecule has 0 bridgehead atoms. The molecule has 1 aromatic heterocycles. The van der Waals surface area contributed by atoms with Crippen LogP contribution in [-0.4, -0.2) is 23.6 Å². The van der Waals surface area contributed by atoms with Crippen LogP contribution in [0, 0.1) is 13.8 Å². The molecular formula is C12H21N3O. The first kappa shape index (κ1) is 12.9. The van der Waals surface area contributed by atoms with Gasteiger partial charge in [0.2, 0.25) is 0 Å². The minimum Gasteiger partial charge on any atom is -0.373 e. The first-order valence-corrected chi connectivity index (χ1v) is 5.59. The molecule has 0 saturated heterocycles. The zero-order valence-electron chi connectivity index (χ0n) is 11.0. The van der Waals surface area contributed by atoms with Crippen LogP contribution in [-0.2, 0) is 10.3 Å². The predicted molar refractivity (Wildman–Crippen MR) is 65.7 cm³/mol. The third kappa shape index (κ3) is 2.50. The van der Waals surface area contributed by atoms with Gasteiger partial charge in [0.25, 0.3) is 0 Å². The van der Waals surface area contributed by atoms with Gasteiger partial charge in [-0.1, -0.05) is 0 Å². The topological polar surface area (TPSA) is 47.0 Å². The van der Waals surface area contributed by atoms with Crippen molar-refractivity contribution in [1.29, 1.82) is 0 Å². The Hall–Kier alpha value is -1.16. The Morgan fingerprint density at radius 1 is 1.25 bits per heavy atom. The second-order valence-electron chi connectivity index (χ2n) is 4.30. The molecule has 90 valence electrons. The van der Waals surface area contributed by atoms with E-state index in [9.17, 15) is 0 Å². The average Bonchev–Trinajstić information content (AvgIpc) is 2.21. The highest BCUT2D eigenvalue weighted by atomic mass is 16.5. The van der Waals surface area contributed by atoms with E-state index >= 15 is 0 Å². The molecule has 0 radical (unpaired) electrons. The van der Waals surface area contributed by atoms with Crippen molar-refractivity contribution < 1.29 is 4.74 Å². The summed E-state index contributed by atoms with van der Waals surface area (Å²) in [4.78, 5) is 8.99. The Kier molecular flexibility index (Phi) is 3.86. The highest BCUT2D eigenvalue weighted by Crippen LogP contribution is 2.24. The lowest BCUT2D eigenvalue weighted by Crippen LogP contribution is -2.26. The Labute approximate surface area is 97.5 Å². The van der Waals surface area contributed by atoms with E-state index in [0.717, 1.165) is 22.9 Å². The van der Waals surface area contributed by atoms with E-state index in [1.807, 2.05) is 41.7 Å². The van der Waals surface area contributed by atoms with Gasteiger partial charge in [-0.05, 0) is 34.6 Å². The van der Waals surface area contributed by atoms with E-state index in [0.29, 0.717) is 6.61 Å². The lowest BCUT2D eigenvalue weighted by Gasteiger charge is -2.24. The van der Waals surface area contributed by atoms with Gasteiger partial charge in [0.15, 0.2) is 5.82 Å². The Bertz CT molecular complexity index is 375. The Morgan fingerprint density at radius 2 is 1.88 bits per heavy atom. The molecule has 1 aromatic rings. The maximum absolute atomic E-state index is 5.66. The number of aryl methyl sites for hydroxylation is 1. The number of rotatable bonds is 4. The first-order valence-electron chi connectivity index (χ1n) is 5.59. The van der Waals surface area contributed by atoms with Crippen molar-refractivity contribution in [1.82, 2.24) is 9.97 Å². The first-order chi connectivity index (χ1) is 7.42. The molecule has 0 aliphatic heterocycles. The van der Waals surface area contributed by atoms with Crippen LogP contribution in [0.2, 0.25) is 0 Å². The zero-order chi connectivity index (χ0) is 12.3. The molecule has 1 rings (SSSR count). The van der Waals surface area contributed by atoms with Crippen molar-refractivity contribution >= 4 is 5.82 Å². The van der Waals surface area contributed by atoms with Crippen molar-refractivity contribution in [2.45, 2.75) is 40.2 Å². The molecule has 0 amide bonds. The van der Waals surface area contributed by atoms with E-state index < -0.39 is 5.60 Å². The molecule has 0 aliphatic carbocycles. The van der Waals surface area contributed by atoms with Crippen molar-refractivity contribution in [2.75, 3.05) is 19.0 Å². The maximum atomic E-state index is 5.66. The third-order valence-electron chi connectivity index (χ3n) is 2.67. The summed E-state index contributed by atoms with van der Waals surface area (Å²) in [5, 5.41) is 3.08. The number of nitrogens with one attached hydrogen (secondary N) is 1. The molecule has 0 fully saturated rings. The fourth-order valence-corrected chi connectivity index (χ4v) is 1.57. The summed E-state index contributed by atoms with van der Waals surface area (Å²) in [6.07, 6.45) is 0. The molecule has 0 unspecified atom stereocenters. The lowest BCUT2D eigenvalue weighted by molar-refractivity contribution is -0.0208. The number of hydrogen-bond acceptors (Lipinski definition) is 4. The fourth-order valence-electron chi connectivity index (χ4n) is 1.57. The summed E-state index contributed by atoms with van der Waals surface area (Å²) in [5.41, 5.74) is 1.62. The van der Waals surface area contributed by atoms with Gasteiger partial charge >= 0.3 is 0 Å². The Morgan fingerprint density at radius 3 is 2.38 bits per heavy atom. The Balaban J connectivity index is 3.20. The van der Waals surface area contributed by atoms with Crippen LogP contribution in [0.15, 0.2) is 0 Å². The van der Waals surface area contributed by atoms with Gasteiger partial charge < -0.3 is 10.1 Å². The largest absolute Gasteiger partial charge is 0.373 e. The molecule has 4 nitrogen and oxygen atoms in total. The number of aromatic nitrogens is 2. The van der Waals surface area contributed by atoms with Crippen LogP contribution in [0.5, 0.6) is 0 Å². The third-order valence-corrected chi connectivity index (χ3v) is 2.67. The SMILES string of the molecule is CCOC(C)(C)c1nc(C)c(C)c(NC)n1. The standard InChI is InChI=1S/C12H21N3O/c1-7-16-12(4,5)11-14-9(3)8(2)10(13-6)15-11/h7H2,1-6H3,(H,13,14,15). The molecule has 0 spiro atoms. The molecule has 0 aliphatic rings. The van der Waals surface area contributed by atoms with E-state index in [-0.39, 0.29) is 0 Å². The molecule has 4 heteroatoms. The van der Waals surface area contributed by atoms with Crippen molar-refractivity contribution in [3.8, 4) is 0 Å². The second kappa shape index (κ2) is 4.78. The summed E-state index contributed by atoms with van der Waals surface area (Å²) in [6, 6.07) is 0. The van der Waals surface area contributed by atoms with Gasteiger partial charge in [0.05, 0.1) is 0 Å². The fraction of sp³-hybridized carbons (Fsp3) is 0.667. The van der Waals surface area contributed by atoms with Crippen molar-refractivity contribution in [3.05, 3.63) is 17.1 Å². The van der Waals surface area contributed by atoms with Gasteiger partial charge in [0.1, 0.15) is 11.4 Å². The predicted octanol–water partition coefficient (Wildman–Crippen LogP) is 2.41. The minimum atomic E-state index is -0.446. The van der Waals surface area contributed by atoms with E-state index in [4.69, 9.17) is 4.74 Å². The minimum absolute atomic E-state index is 0.446. The van der Waals surface area contributed by atoms with Gasteiger partial charge in [-0.15, -0.1) is 0 Å². The van der Waals surface area contributed by atoms with E-state index in [2.05, 4.69) is 15.3 Å². The number of ether oxygens (including phenoxy) is 1. The molecule has 16 heavy (non-hydrogen) atoms. The summed E-state index contributed by atoms with van der Waals surface area (Å²) < 4.78 is 5.66. The lowest BCUT2D eigenvalue weighted by atomic mass is 10.1. The van der Waals surface area contributed by atoms with Crippen LogP contribution in [0.3, 0.4) is 0 Å². The summed E-state index contributed by atoms with van der Waals surface area (Å²) in [5.74, 6) is 1.59. The molecule has 0 aromatic carbocycles. The summed E-state index contributed by atoms with van der Waals surface area (Å²) in [6.45, 7) is 10.6. The van der Waals surface area contributed by atoms with E-state index in [1.165, 1.54) is 0 Å². The molecular weight excluding hydrogens is 202 g/mol. The van der Waals surface area contributed by atoms with E-state index in [1.54, 1.807) is 0 Å². The van der Waals surface area contributed by atoms with Gasteiger partial charge in [0, 0.05) is 24.9 Å². The summed E-state index contributed by atoms with van der Waals surface area (Å²) in [7, 11) is 1.87. The zero-order valence-corrected chi connectivity index (χ0v) is 11.0. The van der Waals surface area contributed by atoms with Gasteiger partial charge in [-0.3, -0.25) is 0 Å². The number of nitrogens with zero attached hydrogens (tertiary/aromatic N) is 2. The van der Waals surface area contributed by atoms with Crippen LogP contribution >= 0.6 is 0 Å². The smallest absolute Gasteiger partial charge is 0.162 e. The quantitative estimate of drug-likeness (QED) is 0.851. The average molecular weight is 223 g/mol. The monoisotopic (exact) mass is 223 g/mol. The molecule has 0 saturated carbocycles.